The predicted octanol–water partition coefficient (Wildman–Crippen LogP) is 3.08. The molecule has 0 heterocycles. The normalized spacial score (nSPS) is 27.9. The van der Waals surface area contributed by atoms with Gasteiger partial charge in [-0.3, -0.25) is 4.84 Å². The third kappa shape index (κ3) is 2.96. The van der Waals surface area contributed by atoms with Crippen molar-refractivity contribution < 1.29 is 4.84 Å². The van der Waals surface area contributed by atoms with Gasteiger partial charge in [0.2, 0.25) is 0 Å². The first-order chi connectivity index (χ1) is 6.66. The van der Waals surface area contributed by atoms with Crippen molar-refractivity contribution in [3.05, 3.63) is 0 Å². The summed E-state index contributed by atoms with van der Waals surface area (Å²) >= 11 is 0. The summed E-state index contributed by atoms with van der Waals surface area (Å²) in [5.41, 5.74) is 0. The molecule has 1 rings (SSSR count). The molecule has 1 fully saturated rings. The maximum Gasteiger partial charge on any atom is 0.0682 e. The molecule has 2 heteroatoms. The molecule has 2 atom stereocenters. The second kappa shape index (κ2) is 5.72. The minimum absolute atomic E-state index is 0.654. The van der Waals surface area contributed by atoms with E-state index < -0.39 is 0 Å². The van der Waals surface area contributed by atoms with E-state index in [4.69, 9.17) is 4.84 Å². The van der Waals surface area contributed by atoms with E-state index in [0.29, 0.717) is 6.04 Å². The van der Waals surface area contributed by atoms with Gasteiger partial charge in [-0.15, -0.1) is 0 Å². The monoisotopic (exact) mass is 199 g/mol. The molecule has 0 bridgehead atoms. The Bertz CT molecular complexity index is 158. The summed E-state index contributed by atoms with van der Waals surface area (Å²) in [6.45, 7) is 7.67. The number of hydroxylamine groups is 2. The van der Waals surface area contributed by atoms with Crippen LogP contribution in [-0.4, -0.2) is 24.8 Å². The van der Waals surface area contributed by atoms with Gasteiger partial charge in [-0.1, -0.05) is 27.2 Å². The van der Waals surface area contributed by atoms with Crippen molar-refractivity contribution in [3.63, 3.8) is 0 Å². The molecule has 0 spiro atoms. The molecule has 1 aliphatic carbocycles. The lowest BCUT2D eigenvalue weighted by atomic mass is 9.91. The molecule has 2 unspecified atom stereocenters. The van der Waals surface area contributed by atoms with Crippen LogP contribution in [0.3, 0.4) is 0 Å². The average Bonchev–Trinajstić information content (AvgIpc) is 2.62. The summed E-state index contributed by atoms with van der Waals surface area (Å²) in [4.78, 5) is 5.69. The van der Waals surface area contributed by atoms with Crippen molar-refractivity contribution in [1.29, 1.82) is 0 Å². The van der Waals surface area contributed by atoms with Crippen molar-refractivity contribution in [2.24, 2.45) is 11.8 Å². The maximum atomic E-state index is 5.69. The van der Waals surface area contributed by atoms with Gasteiger partial charge in [0.15, 0.2) is 0 Å². The third-order valence-electron chi connectivity index (χ3n) is 3.35. The summed E-state index contributed by atoms with van der Waals surface area (Å²) in [5.74, 6) is 1.62. The molecule has 0 amide bonds. The lowest BCUT2D eigenvalue weighted by Crippen LogP contribution is -2.36. The van der Waals surface area contributed by atoms with Crippen molar-refractivity contribution in [2.75, 3.05) is 13.7 Å². The largest absolute Gasteiger partial charge is 0.299 e. The SMILES string of the molecule is CCCON(C)C1CCCC1C(C)C. The van der Waals surface area contributed by atoms with Crippen molar-refractivity contribution >= 4 is 0 Å². The second-order valence-electron chi connectivity index (χ2n) is 4.79. The van der Waals surface area contributed by atoms with Crippen LogP contribution < -0.4 is 0 Å². The van der Waals surface area contributed by atoms with Gasteiger partial charge in [-0.25, -0.2) is 0 Å². The first-order valence-electron chi connectivity index (χ1n) is 6.02. The van der Waals surface area contributed by atoms with Gasteiger partial charge in [0, 0.05) is 13.1 Å². The molecule has 0 aromatic heterocycles. The van der Waals surface area contributed by atoms with Gasteiger partial charge < -0.3 is 0 Å². The highest BCUT2D eigenvalue weighted by Gasteiger charge is 2.32. The second-order valence-corrected chi connectivity index (χ2v) is 4.79. The van der Waals surface area contributed by atoms with Gasteiger partial charge in [0.1, 0.15) is 0 Å². The topological polar surface area (TPSA) is 12.5 Å². The van der Waals surface area contributed by atoms with Crippen LogP contribution in [0.4, 0.5) is 0 Å². The quantitative estimate of drug-likeness (QED) is 0.631. The van der Waals surface area contributed by atoms with Crippen LogP contribution in [-0.2, 0) is 4.84 Å². The maximum absolute atomic E-state index is 5.69. The minimum atomic E-state index is 0.654. The Balaban J connectivity index is 2.40. The van der Waals surface area contributed by atoms with E-state index in [1.165, 1.54) is 19.3 Å². The van der Waals surface area contributed by atoms with Crippen LogP contribution in [0.5, 0.6) is 0 Å². The predicted molar refractivity (Wildman–Crippen MR) is 60.0 cm³/mol. The molecule has 84 valence electrons. The molecule has 0 aliphatic heterocycles. The van der Waals surface area contributed by atoms with E-state index in [2.05, 4.69) is 32.9 Å². The highest BCUT2D eigenvalue weighted by molar-refractivity contribution is 4.83. The van der Waals surface area contributed by atoms with Gasteiger partial charge in [0.25, 0.3) is 0 Å². The van der Waals surface area contributed by atoms with E-state index in [9.17, 15) is 0 Å². The lowest BCUT2D eigenvalue weighted by Gasteiger charge is -2.30. The van der Waals surface area contributed by atoms with E-state index in [-0.39, 0.29) is 0 Å². The fraction of sp³-hybridized carbons (Fsp3) is 1.00. The first kappa shape index (κ1) is 12.0. The molecule has 14 heavy (non-hydrogen) atoms. The molecule has 0 N–H and O–H groups in total. The zero-order valence-electron chi connectivity index (χ0n) is 10.1. The van der Waals surface area contributed by atoms with Crippen LogP contribution in [0.15, 0.2) is 0 Å². The van der Waals surface area contributed by atoms with Crippen molar-refractivity contribution in [3.8, 4) is 0 Å². The third-order valence-corrected chi connectivity index (χ3v) is 3.35. The summed E-state index contributed by atoms with van der Waals surface area (Å²) in [6.07, 6.45) is 5.15. The Hall–Kier alpha value is -0.0800. The van der Waals surface area contributed by atoms with Gasteiger partial charge >= 0.3 is 0 Å². The fourth-order valence-electron chi connectivity index (χ4n) is 2.53. The molecule has 1 aliphatic rings. The summed E-state index contributed by atoms with van der Waals surface area (Å²) in [6, 6.07) is 0.654. The van der Waals surface area contributed by atoms with Gasteiger partial charge in [-0.2, -0.15) is 5.06 Å². The zero-order chi connectivity index (χ0) is 10.6. The Labute approximate surface area is 88.6 Å². The van der Waals surface area contributed by atoms with E-state index in [0.717, 1.165) is 24.9 Å². The standard InChI is InChI=1S/C12H25NO/c1-5-9-14-13(4)12-8-6-7-11(12)10(2)3/h10-12H,5-9H2,1-4H3. The van der Waals surface area contributed by atoms with Gasteiger partial charge in [-0.05, 0) is 31.1 Å². The summed E-state index contributed by atoms with van der Waals surface area (Å²) in [5, 5.41) is 2.11. The molecule has 0 saturated heterocycles. The van der Waals surface area contributed by atoms with Crippen LogP contribution >= 0.6 is 0 Å². The Kier molecular flexibility index (Phi) is 4.90. The van der Waals surface area contributed by atoms with Crippen molar-refractivity contribution in [2.45, 2.75) is 52.5 Å². The van der Waals surface area contributed by atoms with Crippen LogP contribution in [0.1, 0.15) is 46.5 Å². The molecule has 1 saturated carbocycles. The Morgan fingerprint density at radius 1 is 1.36 bits per heavy atom. The molecular weight excluding hydrogens is 174 g/mol. The molecular formula is C12H25NO. The smallest absolute Gasteiger partial charge is 0.0682 e. The molecule has 0 radical (unpaired) electrons. The van der Waals surface area contributed by atoms with Gasteiger partial charge in [0.05, 0.1) is 6.61 Å². The number of hydrogen-bond acceptors (Lipinski definition) is 2. The molecule has 0 aromatic rings. The highest BCUT2D eigenvalue weighted by Crippen LogP contribution is 2.34. The average molecular weight is 199 g/mol. The number of rotatable bonds is 5. The minimum Gasteiger partial charge on any atom is -0.299 e. The summed E-state index contributed by atoms with van der Waals surface area (Å²) < 4.78 is 0. The van der Waals surface area contributed by atoms with E-state index >= 15 is 0 Å². The first-order valence-corrected chi connectivity index (χ1v) is 6.02. The summed E-state index contributed by atoms with van der Waals surface area (Å²) in [7, 11) is 2.10. The number of hydrogen-bond donors (Lipinski definition) is 0. The number of nitrogens with zero attached hydrogens (tertiary/aromatic N) is 1. The van der Waals surface area contributed by atoms with E-state index in [1.807, 2.05) is 0 Å². The molecule has 2 nitrogen and oxygen atoms in total. The van der Waals surface area contributed by atoms with Crippen molar-refractivity contribution in [1.82, 2.24) is 5.06 Å². The fourth-order valence-corrected chi connectivity index (χ4v) is 2.53. The van der Waals surface area contributed by atoms with Crippen LogP contribution in [0.25, 0.3) is 0 Å². The van der Waals surface area contributed by atoms with Crippen LogP contribution in [0.2, 0.25) is 0 Å². The van der Waals surface area contributed by atoms with Crippen LogP contribution in [0, 0.1) is 11.8 Å². The lowest BCUT2D eigenvalue weighted by molar-refractivity contribution is -0.177. The molecule has 0 aromatic carbocycles. The zero-order valence-corrected chi connectivity index (χ0v) is 10.1. The highest BCUT2D eigenvalue weighted by atomic mass is 16.7. The Morgan fingerprint density at radius 2 is 2.07 bits per heavy atom. The van der Waals surface area contributed by atoms with E-state index in [1.54, 1.807) is 0 Å². The Morgan fingerprint density at radius 3 is 2.64 bits per heavy atom.